The minimum atomic E-state index is -0.431. The molecule has 2 rings (SSSR count). The van der Waals surface area contributed by atoms with Crippen molar-refractivity contribution in [3.8, 4) is 0 Å². The summed E-state index contributed by atoms with van der Waals surface area (Å²) < 4.78 is 5.42. The van der Waals surface area contributed by atoms with E-state index in [4.69, 9.17) is 4.74 Å². The van der Waals surface area contributed by atoms with Crippen molar-refractivity contribution in [2.75, 3.05) is 0 Å². The van der Waals surface area contributed by atoms with Gasteiger partial charge in [0.1, 0.15) is 5.60 Å². The highest BCUT2D eigenvalue weighted by atomic mass is 16.6. The fourth-order valence-electron chi connectivity index (χ4n) is 1.86. The molecular formula is C15H20O2. The monoisotopic (exact) mass is 232 g/mol. The molecule has 0 spiro atoms. The molecule has 0 N–H and O–H groups in total. The second-order valence-electron chi connectivity index (χ2n) is 5.85. The van der Waals surface area contributed by atoms with Crippen molar-refractivity contribution >= 4 is 5.97 Å². The third kappa shape index (κ3) is 3.09. The number of benzene rings is 1. The number of esters is 1. The molecular weight excluding hydrogens is 212 g/mol. The average Bonchev–Trinajstić information content (AvgIpc) is 2.99. The molecule has 92 valence electrons. The molecule has 0 aromatic heterocycles. The predicted molar refractivity (Wildman–Crippen MR) is 68.3 cm³/mol. The molecule has 0 amide bonds. The van der Waals surface area contributed by atoms with E-state index >= 15 is 0 Å². The molecule has 0 atom stereocenters. The average molecular weight is 232 g/mol. The van der Waals surface area contributed by atoms with Crippen molar-refractivity contribution in [3.63, 3.8) is 0 Å². The Morgan fingerprint density at radius 1 is 1.29 bits per heavy atom. The zero-order chi connectivity index (χ0) is 12.6. The van der Waals surface area contributed by atoms with Gasteiger partial charge in [0.15, 0.2) is 0 Å². The van der Waals surface area contributed by atoms with Gasteiger partial charge >= 0.3 is 5.97 Å². The Bertz CT molecular complexity index is 437. The van der Waals surface area contributed by atoms with E-state index < -0.39 is 5.60 Å². The summed E-state index contributed by atoms with van der Waals surface area (Å²) in [5.74, 6) is 0.453. The van der Waals surface area contributed by atoms with Gasteiger partial charge in [-0.3, -0.25) is 0 Å². The van der Waals surface area contributed by atoms with E-state index in [1.165, 1.54) is 18.4 Å². The van der Waals surface area contributed by atoms with Crippen LogP contribution in [0, 0.1) is 6.92 Å². The predicted octanol–water partition coefficient (Wildman–Crippen LogP) is 3.83. The van der Waals surface area contributed by atoms with Gasteiger partial charge < -0.3 is 4.74 Å². The molecule has 0 aliphatic heterocycles. The normalized spacial score (nSPS) is 15.8. The summed E-state index contributed by atoms with van der Waals surface area (Å²) in [7, 11) is 0. The van der Waals surface area contributed by atoms with Crippen LogP contribution >= 0.6 is 0 Å². The van der Waals surface area contributed by atoms with Gasteiger partial charge in [-0.15, -0.1) is 0 Å². The van der Waals surface area contributed by atoms with E-state index in [1.807, 2.05) is 39.8 Å². The van der Waals surface area contributed by atoms with Crippen molar-refractivity contribution in [1.29, 1.82) is 0 Å². The third-order valence-electron chi connectivity index (χ3n) is 2.93. The highest BCUT2D eigenvalue weighted by Crippen LogP contribution is 2.40. The smallest absolute Gasteiger partial charge is 0.338 e. The Labute approximate surface area is 103 Å². The molecule has 1 saturated carbocycles. The molecule has 1 aromatic rings. The summed E-state index contributed by atoms with van der Waals surface area (Å²) in [6, 6.07) is 6.15. The first kappa shape index (κ1) is 12.2. The maximum Gasteiger partial charge on any atom is 0.338 e. The van der Waals surface area contributed by atoms with Crippen molar-refractivity contribution in [3.05, 3.63) is 34.9 Å². The number of hydrogen-bond acceptors (Lipinski definition) is 2. The zero-order valence-electron chi connectivity index (χ0n) is 11.0. The van der Waals surface area contributed by atoms with Gasteiger partial charge in [0.25, 0.3) is 0 Å². The molecule has 0 saturated heterocycles. The largest absolute Gasteiger partial charge is 0.456 e. The number of carbonyl (C=O) groups excluding carboxylic acids is 1. The van der Waals surface area contributed by atoms with Crippen LogP contribution in [0.2, 0.25) is 0 Å². The van der Waals surface area contributed by atoms with Gasteiger partial charge in [0.2, 0.25) is 0 Å². The van der Waals surface area contributed by atoms with E-state index in [1.54, 1.807) is 0 Å². The molecule has 1 aliphatic carbocycles. The second-order valence-corrected chi connectivity index (χ2v) is 5.85. The van der Waals surface area contributed by atoms with E-state index in [2.05, 4.69) is 6.07 Å². The van der Waals surface area contributed by atoms with E-state index in [-0.39, 0.29) is 5.97 Å². The van der Waals surface area contributed by atoms with Crippen LogP contribution in [-0.2, 0) is 4.74 Å². The Morgan fingerprint density at radius 3 is 2.47 bits per heavy atom. The van der Waals surface area contributed by atoms with Gasteiger partial charge in [-0.25, -0.2) is 4.79 Å². The molecule has 1 fully saturated rings. The Kier molecular flexibility index (Phi) is 2.98. The number of carbonyl (C=O) groups is 1. The lowest BCUT2D eigenvalue weighted by Gasteiger charge is -2.20. The lowest BCUT2D eigenvalue weighted by Crippen LogP contribution is -2.24. The molecule has 0 bridgehead atoms. The summed E-state index contributed by atoms with van der Waals surface area (Å²) in [6.07, 6.45) is 2.49. The molecule has 0 radical (unpaired) electrons. The van der Waals surface area contributed by atoms with Gasteiger partial charge in [-0.05, 0) is 63.6 Å². The quantitative estimate of drug-likeness (QED) is 0.724. The summed E-state index contributed by atoms with van der Waals surface area (Å²) in [5, 5.41) is 0. The van der Waals surface area contributed by atoms with E-state index in [9.17, 15) is 4.79 Å². The van der Waals surface area contributed by atoms with Crippen LogP contribution in [0.25, 0.3) is 0 Å². The molecule has 2 heteroatoms. The van der Waals surface area contributed by atoms with Gasteiger partial charge in [-0.1, -0.05) is 12.1 Å². The van der Waals surface area contributed by atoms with Crippen LogP contribution in [0.5, 0.6) is 0 Å². The first-order chi connectivity index (χ1) is 7.87. The van der Waals surface area contributed by atoms with Crippen molar-refractivity contribution in [2.45, 2.75) is 52.1 Å². The van der Waals surface area contributed by atoms with Gasteiger partial charge in [0, 0.05) is 0 Å². The fraction of sp³-hybridized carbons (Fsp3) is 0.533. The lowest BCUT2D eigenvalue weighted by atomic mass is 10.0. The summed E-state index contributed by atoms with van der Waals surface area (Å²) in [6.45, 7) is 7.64. The van der Waals surface area contributed by atoms with Crippen LogP contribution in [0.3, 0.4) is 0 Å². The van der Waals surface area contributed by atoms with Crippen LogP contribution in [0.1, 0.15) is 61.0 Å². The first-order valence-electron chi connectivity index (χ1n) is 6.21. The standard InChI is InChI=1S/C15H20O2/c1-10-5-6-12(11-7-8-11)9-13(10)14(16)17-15(2,3)4/h5-6,9,11H,7-8H2,1-4H3. The van der Waals surface area contributed by atoms with Crippen LogP contribution < -0.4 is 0 Å². The SMILES string of the molecule is Cc1ccc(C2CC2)cc1C(=O)OC(C)(C)C. The number of ether oxygens (including phenoxy) is 1. The van der Waals surface area contributed by atoms with Crippen molar-refractivity contribution in [2.24, 2.45) is 0 Å². The lowest BCUT2D eigenvalue weighted by molar-refractivity contribution is 0.00687. The van der Waals surface area contributed by atoms with Crippen LogP contribution in [-0.4, -0.2) is 11.6 Å². The van der Waals surface area contributed by atoms with E-state index in [0.29, 0.717) is 11.5 Å². The second kappa shape index (κ2) is 4.17. The molecule has 1 aromatic carbocycles. The zero-order valence-corrected chi connectivity index (χ0v) is 11.0. The van der Waals surface area contributed by atoms with Crippen molar-refractivity contribution in [1.82, 2.24) is 0 Å². The van der Waals surface area contributed by atoms with E-state index in [0.717, 1.165) is 5.56 Å². The Morgan fingerprint density at radius 2 is 1.94 bits per heavy atom. The molecule has 0 unspecified atom stereocenters. The molecule has 0 heterocycles. The maximum atomic E-state index is 12.1. The van der Waals surface area contributed by atoms with Crippen LogP contribution in [0.15, 0.2) is 18.2 Å². The minimum absolute atomic E-state index is 0.211. The Balaban J connectivity index is 2.24. The highest BCUT2D eigenvalue weighted by molar-refractivity contribution is 5.91. The highest BCUT2D eigenvalue weighted by Gasteiger charge is 2.26. The first-order valence-corrected chi connectivity index (χ1v) is 6.21. The number of rotatable bonds is 2. The fourth-order valence-corrected chi connectivity index (χ4v) is 1.86. The maximum absolute atomic E-state index is 12.1. The summed E-state index contributed by atoms with van der Waals surface area (Å²) >= 11 is 0. The molecule has 17 heavy (non-hydrogen) atoms. The van der Waals surface area contributed by atoms with Crippen LogP contribution in [0.4, 0.5) is 0 Å². The Hall–Kier alpha value is -1.31. The topological polar surface area (TPSA) is 26.3 Å². The third-order valence-corrected chi connectivity index (χ3v) is 2.93. The van der Waals surface area contributed by atoms with Gasteiger partial charge in [-0.2, -0.15) is 0 Å². The number of aryl methyl sites for hydroxylation is 1. The van der Waals surface area contributed by atoms with Gasteiger partial charge in [0.05, 0.1) is 5.56 Å². The summed E-state index contributed by atoms with van der Waals surface area (Å²) in [4.78, 5) is 12.1. The summed E-state index contributed by atoms with van der Waals surface area (Å²) in [5.41, 5.74) is 2.54. The number of hydrogen-bond donors (Lipinski definition) is 0. The minimum Gasteiger partial charge on any atom is -0.456 e. The van der Waals surface area contributed by atoms with Crippen molar-refractivity contribution < 1.29 is 9.53 Å². The molecule has 1 aliphatic rings. The molecule has 2 nitrogen and oxygen atoms in total.